The van der Waals surface area contributed by atoms with Gasteiger partial charge in [0.15, 0.2) is 0 Å². The summed E-state index contributed by atoms with van der Waals surface area (Å²) in [6.45, 7) is 2.65. The fourth-order valence-electron chi connectivity index (χ4n) is 1.86. The molecule has 0 bridgehead atoms. The van der Waals surface area contributed by atoms with Crippen molar-refractivity contribution in [2.24, 2.45) is 0 Å². The van der Waals surface area contributed by atoms with E-state index in [0.717, 1.165) is 17.7 Å². The van der Waals surface area contributed by atoms with Crippen molar-refractivity contribution in [3.8, 4) is 0 Å². The lowest BCUT2D eigenvalue weighted by atomic mass is 10.1. The molecule has 2 aromatic rings. The van der Waals surface area contributed by atoms with E-state index in [9.17, 15) is 5.11 Å². The van der Waals surface area contributed by atoms with E-state index in [1.54, 1.807) is 0 Å². The monoisotopic (exact) mass is 241 g/mol. The SMILES string of the molecule is CCc1ccc(C(O)CNc2ccccc2)cc1. The van der Waals surface area contributed by atoms with Crippen LogP contribution in [0.3, 0.4) is 0 Å². The zero-order valence-electron chi connectivity index (χ0n) is 10.6. The first-order valence-corrected chi connectivity index (χ1v) is 6.35. The lowest BCUT2D eigenvalue weighted by Gasteiger charge is -2.13. The van der Waals surface area contributed by atoms with E-state index in [4.69, 9.17) is 0 Å². The van der Waals surface area contributed by atoms with Crippen molar-refractivity contribution < 1.29 is 5.11 Å². The number of hydrogen-bond donors (Lipinski definition) is 2. The second-order valence-electron chi connectivity index (χ2n) is 4.36. The van der Waals surface area contributed by atoms with Gasteiger partial charge in [-0.05, 0) is 29.7 Å². The van der Waals surface area contributed by atoms with Gasteiger partial charge in [-0.3, -0.25) is 0 Å². The number of aliphatic hydroxyl groups excluding tert-OH is 1. The third-order valence-electron chi connectivity index (χ3n) is 3.05. The van der Waals surface area contributed by atoms with Crippen molar-refractivity contribution >= 4 is 5.69 Å². The molecule has 2 nitrogen and oxygen atoms in total. The molecule has 0 aromatic heterocycles. The molecule has 0 radical (unpaired) electrons. The van der Waals surface area contributed by atoms with Gasteiger partial charge in [-0.2, -0.15) is 0 Å². The molecule has 18 heavy (non-hydrogen) atoms. The minimum absolute atomic E-state index is 0.476. The lowest BCUT2D eigenvalue weighted by molar-refractivity contribution is 0.191. The summed E-state index contributed by atoms with van der Waals surface area (Å²) in [7, 11) is 0. The Morgan fingerprint density at radius 1 is 1.00 bits per heavy atom. The number of aliphatic hydroxyl groups is 1. The maximum atomic E-state index is 10.1. The average Bonchev–Trinajstić information content (AvgIpc) is 2.46. The summed E-state index contributed by atoms with van der Waals surface area (Å²) < 4.78 is 0. The van der Waals surface area contributed by atoms with Crippen LogP contribution < -0.4 is 5.32 Å². The van der Waals surface area contributed by atoms with E-state index in [1.807, 2.05) is 42.5 Å². The van der Waals surface area contributed by atoms with Crippen molar-refractivity contribution in [2.75, 3.05) is 11.9 Å². The summed E-state index contributed by atoms with van der Waals surface area (Å²) in [5.74, 6) is 0. The second-order valence-corrected chi connectivity index (χ2v) is 4.36. The van der Waals surface area contributed by atoms with Crippen LogP contribution in [0.15, 0.2) is 54.6 Å². The van der Waals surface area contributed by atoms with E-state index in [-0.39, 0.29) is 0 Å². The standard InChI is InChI=1S/C16H19NO/c1-2-13-8-10-14(11-9-13)16(18)12-17-15-6-4-3-5-7-15/h3-11,16-18H,2,12H2,1H3. The first kappa shape index (κ1) is 12.7. The summed E-state index contributed by atoms with van der Waals surface area (Å²) in [6, 6.07) is 18.1. The van der Waals surface area contributed by atoms with Crippen LogP contribution in [0.4, 0.5) is 5.69 Å². The third-order valence-corrected chi connectivity index (χ3v) is 3.05. The Kier molecular flexibility index (Phi) is 4.37. The number of hydrogen-bond acceptors (Lipinski definition) is 2. The predicted molar refractivity (Wildman–Crippen MR) is 75.7 cm³/mol. The quantitative estimate of drug-likeness (QED) is 0.841. The van der Waals surface area contributed by atoms with E-state index in [2.05, 4.69) is 24.4 Å². The molecular weight excluding hydrogens is 222 g/mol. The molecule has 2 N–H and O–H groups in total. The van der Waals surface area contributed by atoms with E-state index in [0.29, 0.717) is 6.54 Å². The van der Waals surface area contributed by atoms with Gasteiger partial charge in [-0.1, -0.05) is 49.4 Å². The molecule has 0 heterocycles. The second kappa shape index (κ2) is 6.22. The van der Waals surface area contributed by atoms with Crippen LogP contribution in [-0.2, 0) is 6.42 Å². The molecule has 2 rings (SSSR count). The molecule has 94 valence electrons. The van der Waals surface area contributed by atoms with Crippen molar-refractivity contribution in [3.05, 3.63) is 65.7 Å². The van der Waals surface area contributed by atoms with Crippen molar-refractivity contribution in [3.63, 3.8) is 0 Å². The highest BCUT2D eigenvalue weighted by molar-refractivity contribution is 5.42. The molecule has 2 heteroatoms. The van der Waals surface area contributed by atoms with E-state index < -0.39 is 6.10 Å². The molecule has 1 unspecified atom stereocenters. The number of rotatable bonds is 5. The largest absolute Gasteiger partial charge is 0.387 e. The van der Waals surface area contributed by atoms with Crippen LogP contribution in [0.5, 0.6) is 0 Å². The number of benzene rings is 2. The molecular formula is C16H19NO. The maximum Gasteiger partial charge on any atom is 0.0962 e. The van der Waals surface area contributed by atoms with Crippen LogP contribution in [0, 0.1) is 0 Å². The van der Waals surface area contributed by atoms with Gasteiger partial charge in [-0.25, -0.2) is 0 Å². The predicted octanol–water partition coefficient (Wildman–Crippen LogP) is 3.39. The van der Waals surface area contributed by atoms with Gasteiger partial charge in [0.1, 0.15) is 0 Å². The Morgan fingerprint density at radius 2 is 1.67 bits per heavy atom. The minimum atomic E-state index is -0.476. The molecule has 0 aliphatic rings. The molecule has 0 saturated heterocycles. The number of anilines is 1. The van der Waals surface area contributed by atoms with Crippen LogP contribution in [0.2, 0.25) is 0 Å². The molecule has 0 fully saturated rings. The Bertz CT molecular complexity index is 464. The highest BCUT2D eigenvalue weighted by atomic mass is 16.3. The third kappa shape index (κ3) is 3.34. The first-order valence-electron chi connectivity index (χ1n) is 6.35. The topological polar surface area (TPSA) is 32.3 Å². The average molecular weight is 241 g/mol. The number of para-hydroxylation sites is 1. The van der Waals surface area contributed by atoms with E-state index >= 15 is 0 Å². The molecule has 0 aliphatic carbocycles. The Balaban J connectivity index is 1.93. The normalized spacial score (nSPS) is 12.1. The van der Waals surface area contributed by atoms with Crippen molar-refractivity contribution in [1.29, 1.82) is 0 Å². The first-order chi connectivity index (χ1) is 8.79. The molecule has 2 aromatic carbocycles. The molecule has 0 amide bonds. The fraction of sp³-hybridized carbons (Fsp3) is 0.250. The number of nitrogens with one attached hydrogen (secondary N) is 1. The van der Waals surface area contributed by atoms with Crippen LogP contribution in [0.25, 0.3) is 0 Å². The zero-order chi connectivity index (χ0) is 12.8. The summed E-state index contributed by atoms with van der Waals surface area (Å²) in [5.41, 5.74) is 3.28. The minimum Gasteiger partial charge on any atom is -0.387 e. The van der Waals surface area contributed by atoms with Gasteiger partial charge in [0.05, 0.1) is 6.10 Å². The summed E-state index contributed by atoms with van der Waals surface area (Å²) >= 11 is 0. The highest BCUT2D eigenvalue weighted by Crippen LogP contribution is 2.15. The van der Waals surface area contributed by atoms with E-state index in [1.165, 1.54) is 5.56 Å². The molecule has 0 saturated carbocycles. The van der Waals surface area contributed by atoms with Gasteiger partial charge in [-0.15, -0.1) is 0 Å². The van der Waals surface area contributed by atoms with Gasteiger partial charge in [0, 0.05) is 12.2 Å². The summed E-state index contributed by atoms with van der Waals surface area (Å²) in [5, 5.41) is 13.3. The highest BCUT2D eigenvalue weighted by Gasteiger charge is 2.06. The Morgan fingerprint density at radius 3 is 2.28 bits per heavy atom. The molecule has 0 spiro atoms. The van der Waals surface area contributed by atoms with Crippen molar-refractivity contribution in [2.45, 2.75) is 19.4 Å². The van der Waals surface area contributed by atoms with Gasteiger partial charge in [0.2, 0.25) is 0 Å². The Hall–Kier alpha value is -1.80. The summed E-state index contributed by atoms with van der Waals surface area (Å²) in [6.07, 6.45) is 0.551. The smallest absolute Gasteiger partial charge is 0.0962 e. The fourth-order valence-corrected chi connectivity index (χ4v) is 1.86. The van der Waals surface area contributed by atoms with Crippen LogP contribution in [-0.4, -0.2) is 11.7 Å². The number of aryl methyl sites for hydroxylation is 1. The van der Waals surface area contributed by atoms with Gasteiger partial charge in [0.25, 0.3) is 0 Å². The lowest BCUT2D eigenvalue weighted by Crippen LogP contribution is -2.12. The van der Waals surface area contributed by atoms with Crippen LogP contribution in [0.1, 0.15) is 24.2 Å². The van der Waals surface area contributed by atoms with Gasteiger partial charge < -0.3 is 10.4 Å². The van der Waals surface area contributed by atoms with Crippen molar-refractivity contribution in [1.82, 2.24) is 0 Å². The van der Waals surface area contributed by atoms with Crippen LogP contribution >= 0.6 is 0 Å². The molecule has 0 aliphatic heterocycles. The maximum absolute atomic E-state index is 10.1. The zero-order valence-corrected chi connectivity index (χ0v) is 10.6. The molecule has 1 atom stereocenters. The van der Waals surface area contributed by atoms with Gasteiger partial charge >= 0.3 is 0 Å². The Labute approximate surface area is 108 Å². The summed E-state index contributed by atoms with van der Waals surface area (Å²) in [4.78, 5) is 0.